The van der Waals surface area contributed by atoms with Gasteiger partial charge in [-0.05, 0) is 60.7 Å². The molecule has 5 nitrogen and oxygen atoms in total. The summed E-state index contributed by atoms with van der Waals surface area (Å²) in [6.45, 7) is 1.12. The zero-order valence-electron chi connectivity index (χ0n) is 16.6. The number of rotatable bonds is 6. The second kappa shape index (κ2) is 8.81. The summed E-state index contributed by atoms with van der Waals surface area (Å²) >= 11 is 0. The van der Waals surface area contributed by atoms with Crippen molar-refractivity contribution in [3.8, 4) is 0 Å². The third-order valence-electron chi connectivity index (χ3n) is 5.32. The first kappa shape index (κ1) is 20.3. The highest BCUT2D eigenvalue weighted by Gasteiger charge is 2.27. The molecule has 4 rings (SSSR count). The summed E-state index contributed by atoms with van der Waals surface area (Å²) in [4.78, 5) is 13.0. The predicted octanol–water partition coefficient (Wildman–Crippen LogP) is 4.31. The Bertz CT molecular complexity index is 1120. The molecular weight excluding hydrogens is 396 g/mol. The van der Waals surface area contributed by atoms with Gasteiger partial charge in [0, 0.05) is 24.3 Å². The van der Waals surface area contributed by atoms with E-state index in [2.05, 4.69) is 17.4 Å². The van der Waals surface area contributed by atoms with E-state index in [4.69, 9.17) is 0 Å². The monoisotopic (exact) mass is 420 g/mol. The smallest absolute Gasteiger partial charge is 0.255 e. The summed E-state index contributed by atoms with van der Waals surface area (Å²) in [5.41, 5.74) is 3.35. The molecule has 1 heterocycles. The molecule has 3 aromatic carbocycles. The molecule has 154 valence electrons. The van der Waals surface area contributed by atoms with Crippen LogP contribution in [0.4, 0.5) is 5.69 Å². The maximum atomic E-state index is 12.8. The van der Waals surface area contributed by atoms with Gasteiger partial charge in [0.1, 0.15) is 0 Å². The fraction of sp³-hybridized carbons (Fsp3) is 0.208. The fourth-order valence-corrected chi connectivity index (χ4v) is 5.18. The van der Waals surface area contributed by atoms with E-state index in [1.165, 1.54) is 16.4 Å². The SMILES string of the molecule is O=C(Nc1ccccc1Cc1ccccc1)c1ccc(S(=O)(=O)N2CCCC2)cc1. The van der Waals surface area contributed by atoms with Gasteiger partial charge in [-0.15, -0.1) is 0 Å². The molecule has 0 saturated carbocycles. The predicted molar refractivity (Wildman–Crippen MR) is 118 cm³/mol. The van der Waals surface area contributed by atoms with Crippen molar-refractivity contribution in [3.63, 3.8) is 0 Å². The molecule has 1 N–H and O–H groups in total. The van der Waals surface area contributed by atoms with E-state index < -0.39 is 10.0 Å². The standard InChI is InChI=1S/C24H24N2O3S/c27-24(20-12-14-22(15-13-20)30(28,29)26-16-6-7-17-26)25-23-11-5-4-10-21(23)18-19-8-2-1-3-9-19/h1-5,8-15H,6-7,16-18H2,(H,25,27). The number of anilines is 1. The van der Waals surface area contributed by atoms with Crippen molar-refractivity contribution in [2.75, 3.05) is 18.4 Å². The third-order valence-corrected chi connectivity index (χ3v) is 7.24. The molecule has 1 aliphatic heterocycles. The van der Waals surface area contributed by atoms with Crippen molar-refractivity contribution in [1.82, 2.24) is 4.31 Å². The fourth-order valence-electron chi connectivity index (χ4n) is 3.66. The quantitative estimate of drug-likeness (QED) is 0.646. The lowest BCUT2D eigenvalue weighted by atomic mass is 10.0. The number of benzene rings is 3. The molecule has 1 saturated heterocycles. The second-order valence-corrected chi connectivity index (χ2v) is 9.35. The number of amides is 1. The third kappa shape index (κ3) is 4.45. The molecule has 1 aliphatic rings. The Morgan fingerprint density at radius 3 is 2.17 bits per heavy atom. The van der Waals surface area contributed by atoms with Crippen LogP contribution in [0.1, 0.15) is 34.3 Å². The lowest BCUT2D eigenvalue weighted by Crippen LogP contribution is -2.27. The summed E-state index contributed by atoms with van der Waals surface area (Å²) in [5.74, 6) is -0.263. The zero-order valence-corrected chi connectivity index (χ0v) is 17.4. The number of nitrogens with zero attached hydrogens (tertiary/aromatic N) is 1. The van der Waals surface area contributed by atoms with Gasteiger partial charge in [-0.1, -0.05) is 48.5 Å². The van der Waals surface area contributed by atoms with Gasteiger partial charge in [-0.2, -0.15) is 4.31 Å². The number of hydrogen-bond donors (Lipinski definition) is 1. The number of carbonyl (C=O) groups excluding carboxylic acids is 1. The van der Waals surface area contributed by atoms with E-state index in [0.717, 1.165) is 29.7 Å². The second-order valence-electron chi connectivity index (χ2n) is 7.41. The summed E-state index contributed by atoms with van der Waals surface area (Å²) in [6.07, 6.45) is 2.49. The molecular formula is C24H24N2O3S. The minimum Gasteiger partial charge on any atom is -0.322 e. The van der Waals surface area contributed by atoms with Gasteiger partial charge in [-0.25, -0.2) is 8.42 Å². The number of sulfonamides is 1. The van der Waals surface area contributed by atoms with E-state index in [1.807, 2.05) is 42.5 Å². The molecule has 0 atom stereocenters. The summed E-state index contributed by atoms with van der Waals surface area (Å²) < 4.78 is 26.8. The molecule has 0 radical (unpaired) electrons. The Morgan fingerprint density at radius 2 is 1.47 bits per heavy atom. The molecule has 0 unspecified atom stereocenters. The van der Waals surface area contributed by atoms with Crippen LogP contribution in [0.2, 0.25) is 0 Å². The van der Waals surface area contributed by atoms with Crippen LogP contribution in [0.15, 0.2) is 83.8 Å². The number of nitrogens with one attached hydrogen (secondary N) is 1. The van der Waals surface area contributed by atoms with Crippen LogP contribution >= 0.6 is 0 Å². The van der Waals surface area contributed by atoms with E-state index in [0.29, 0.717) is 25.1 Å². The van der Waals surface area contributed by atoms with E-state index in [-0.39, 0.29) is 10.8 Å². The van der Waals surface area contributed by atoms with Gasteiger partial charge in [-0.3, -0.25) is 4.79 Å². The van der Waals surface area contributed by atoms with Crippen LogP contribution in [-0.4, -0.2) is 31.7 Å². The molecule has 0 bridgehead atoms. The van der Waals surface area contributed by atoms with E-state index in [9.17, 15) is 13.2 Å². The molecule has 0 aromatic heterocycles. The summed E-state index contributed by atoms with van der Waals surface area (Å²) in [7, 11) is -3.48. The average molecular weight is 421 g/mol. The van der Waals surface area contributed by atoms with Gasteiger partial charge in [0.15, 0.2) is 0 Å². The van der Waals surface area contributed by atoms with Crippen molar-refractivity contribution in [2.24, 2.45) is 0 Å². The van der Waals surface area contributed by atoms with E-state index in [1.54, 1.807) is 12.1 Å². The summed E-state index contributed by atoms with van der Waals surface area (Å²) in [6, 6.07) is 23.9. The van der Waals surface area contributed by atoms with Crippen molar-refractivity contribution in [2.45, 2.75) is 24.2 Å². The van der Waals surface area contributed by atoms with Crippen LogP contribution in [0.3, 0.4) is 0 Å². The lowest BCUT2D eigenvalue weighted by Gasteiger charge is -2.16. The first-order valence-electron chi connectivity index (χ1n) is 10.1. The molecule has 30 heavy (non-hydrogen) atoms. The maximum absolute atomic E-state index is 12.8. The first-order valence-corrected chi connectivity index (χ1v) is 11.5. The Kier molecular flexibility index (Phi) is 5.97. The molecule has 6 heteroatoms. The lowest BCUT2D eigenvalue weighted by molar-refractivity contribution is 0.102. The number of carbonyl (C=O) groups is 1. The first-order chi connectivity index (χ1) is 14.5. The molecule has 0 spiro atoms. The van der Waals surface area contributed by atoms with E-state index >= 15 is 0 Å². The van der Waals surface area contributed by atoms with Gasteiger partial charge >= 0.3 is 0 Å². The Balaban J connectivity index is 1.49. The van der Waals surface area contributed by atoms with Crippen LogP contribution < -0.4 is 5.32 Å². The van der Waals surface area contributed by atoms with Gasteiger partial charge in [0.25, 0.3) is 5.91 Å². The van der Waals surface area contributed by atoms with Gasteiger partial charge < -0.3 is 5.32 Å². The van der Waals surface area contributed by atoms with Crippen molar-refractivity contribution in [1.29, 1.82) is 0 Å². The van der Waals surface area contributed by atoms with Gasteiger partial charge in [0.2, 0.25) is 10.0 Å². The molecule has 1 fully saturated rings. The van der Waals surface area contributed by atoms with Crippen molar-refractivity contribution in [3.05, 3.63) is 95.6 Å². The van der Waals surface area contributed by atoms with Gasteiger partial charge in [0.05, 0.1) is 4.90 Å². The van der Waals surface area contributed by atoms with Crippen LogP contribution in [0, 0.1) is 0 Å². The highest BCUT2D eigenvalue weighted by atomic mass is 32.2. The van der Waals surface area contributed by atoms with Crippen molar-refractivity contribution < 1.29 is 13.2 Å². The Morgan fingerprint density at radius 1 is 0.833 bits per heavy atom. The minimum absolute atomic E-state index is 0.227. The number of hydrogen-bond acceptors (Lipinski definition) is 3. The zero-order chi connectivity index (χ0) is 21.0. The topological polar surface area (TPSA) is 66.5 Å². The Labute approximate surface area is 177 Å². The Hall–Kier alpha value is -2.96. The van der Waals surface area contributed by atoms with Crippen molar-refractivity contribution >= 4 is 21.6 Å². The average Bonchev–Trinajstić information content (AvgIpc) is 3.32. The highest BCUT2D eigenvalue weighted by Crippen LogP contribution is 2.23. The minimum atomic E-state index is -3.48. The molecule has 1 amide bonds. The summed E-state index contributed by atoms with van der Waals surface area (Å²) in [5, 5.41) is 2.96. The molecule has 3 aromatic rings. The largest absolute Gasteiger partial charge is 0.322 e. The highest BCUT2D eigenvalue weighted by molar-refractivity contribution is 7.89. The number of para-hydroxylation sites is 1. The maximum Gasteiger partial charge on any atom is 0.255 e. The normalized spacial score (nSPS) is 14.5. The van der Waals surface area contributed by atoms with Crippen LogP contribution in [-0.2, 0) is 16.4 Å². The molecule has 0 aliphatic carbocycles. The van der Waals surface area contributed by atoms with Crippen LogP contribution in [0.5, 0.6) is 0 Å². The van der Waals surface area contributed by atoms with Crippen LogP contribution in [0.25, 0.3) is 0 Å².